The zero-order chi connectivity index (χ0) is 32.5. The van der Waals surface area contributed by atoms with E-state index in [4.69, 9.17) is 19.7 Å². The molecule has 45 heavy (non-hydrogen) atoms. The second-order valence-corrected chi connectivity index (χ2v) is 12.3. The monoisotopic (exact) mass is 610 g/mol. The molecule has 1 fully saturated rings. The molecule has 4 atom stereocenters. The molecule has 0 spiro atoms. The van der Waals surface area contributed by atoms with Crippen molar-refractivity contribution in [3.63, 3.8) is 0 Å². The first-order chi connectivity index (χ1) is 21.4. The van der Waals surface area contributed by atoms with Gasteiger partial charge in [-0.15, -0.1) is 0 Å². The van der Waals surface area contributed by atoms with Gasteiger partial charge in [0.2, 0.25) is 0 Å². The molecule has 6 aliphatic rings. The van der Waals surface area contributed by atoms with Gasteiger partial charge < -0.3 is 25.4 Å². The molecule has 0 aromatic heterocycles. The highest BCUT2D eigenvalue weighted by atomic mass is 16.5. The average Bonchev–Trinajstić information content (AvgIpc) is 3.72. The van der Waals surface area contributed by atoms with E-state index in [-0.39, 0.29) is 24.0 Å². The number of aliphatic hydroxyl groups is 2. The number of hydrogen-bond acceptors (Lipinski definition) is 9. The standard InChI is InChI=1S/C35H38N4O6/c1-8-19-14(2)21-13-26-28(18(6)40)16(4)23(37-26)11-22-15(3)20(9-10-27(41)42)32(38-22)30-31(35(44)45-7)34(43)29-17(5)24(39-33(29)30)12-25(19)36-21/h11-13,15,18,20,31,38,40,43H,8-10H2,1-7H3,(H,41,42)/t15-,18?,20-,31+/m0/s1. The molecule has 10 heteroatoms. The van der Waals surface area contributed by atoms with Crippen LogP contribution in [0.4, 0.5) is 0 Å². The van der Waals surface area contributed by atoms with E-state index in [1.54, 1.807) is 6.92 Å². The zero-order valence-electron chi connectivity index (χ0n) is 26.6. The van der Waals surface area contributed by atoms with Crippen molar-refractivity contribution in [1.29, 1.82) is 0 Å². The minimum Gasteiger partial charge on any atom is -0.510 e. The largest absolute Gasteiger partial charge is 0.510 e. The molecule has 5 heterocycles. The summed E-state index contributed by atoms with van der Waals surface area (Å²) >= 11 is 0. The van der Waals surface area contributed by atoms with Crippen molar-refractivity contribution < 1.29 is 29.6 Å². The molecule has 0 amide bonds. The quantitative estimate of drug-likeness (QED) is 0.298. The minimum atomic E-state index is -1.11. The number of methoxy groups -OCH3 is 1. The van der Waals surface area contributed by atoms with Crippen molar-refractivity contribution >= 4 is 29.1 Å². The maximum atomic E-state index is 13.3. The van der Waals surface area contributed by atoms with Gasteiger partial charge in [-0.25, -0.2) is 15.0 Å². The van der Waals surface area contributed by atoms with Gasteiger partial charge in [-0.3, -0.25) is 9.59 Å². The van der Waals surface area contributed by atoms with Crippen LogP contribution in [0.5, 0.6) is 0 Å². The van der Waals surface area contributed by atoms with Crippen LogP contribution in [0.1, 0.15) is 60.8 Å². The smallest absolute Gasteiger partial charge is 0.321 e. The second-order valence-electron chi connectivity index (χ2n) is 12.3. The summed E-state index contributed by atoms with van der Waals surface area (Å²) in [5, 5.41) is 35.6. The number of aliphatic carboxylic acids is 1. The lowest BCUT2D eigenvalue weighted by atomic mass is 9.84. The summed E-state index contributed by atoms with van der Waals surface area (Å²) in [5.41, 5.74) is 10.6. The summed E-state index contributed by atoms with van der Waals surface area (Å²) in [7, 11) is 1.28. The molecule has 0 aromatic carbocycles. The van der Waals surface area contributed by atoms with Crippen LogP contribution >= 0.6 is 0 Å². The van der Waals surface area contributed by atoms with Gasteiger partial charge in [0.1, 0.15) is 11.7 Å². The number of nitrogens with zero attached hydrogens (tertiary/aromatic N) is 3. The van der Waals surface area contributed by atoms with E-state index in [1.807, 2.05) is 45.9 Å². The van der Waals surface area contributed by atoms with Gasteiger partial charge in [0.05, 0.1) is 47.4 Å². The predicted molar refractivity (Wildman–Crippen MR) is 171 cm³/mol. The lowest BCUT2D eigenvalue weighted by Gasteiger charge is -2.20. The summed E-state index contributed by atoms with van der Waals surface area (Å²) in [6, 6.07) is 0. The van der Waals surface area contributed by atoms with Gasteiger partial charge in [-0.1, -0.05) is 13.8 Å². The van der Waals surface area contributed by atoms with E-state index in [1.165, 1.54) is 7.11 Å². The first-order valence-electron chi connectivity index (χ1n) is 15.3. The van der Waals surface area contributed by atoms with Crippen molar-refractivity contribution in [2.24, 2.45) is 32.7 Å². The number of carboxylic acid groups (broad SMARTS) is 1. The van der Waals surface area contributed by atoms with Crippen LogP contribution in [-0.2, 0) is 14.3 Å². The molecular formula is C35H38N4O6. The number of esters is 1. The summed E-state index contributed by atoms with van der Waals surface area (Å²) in [6.45, 7) is 11.6. The summed E-state index contributed by atoms with van der Waals surface area (Å²) in [5.74, 6) is -3.30. The number of hydrogen-bond donors (Lipinski definition) is 4. The van der Waals surface area contributed by atoms with Crippen molar-refractivity contribution in [3.05, 3.63) is 91.5 Å². The number of aliphatic hydroxyl groups excluding tert-OH is 2. The van der Waals surface area contributed by atoms with E-state index in [0.29, 0.717) is 57.2 Å². The van der Waals surface area contributed by atoms with Gasteiger partial charge in [0.25, 0.3) is 0 Å². The van der Waals surface area contributed by atoms with Crippen LogP contribution < -0.4 is 5.32 Å². The Balaban J connectivity index is 1.68. The highest BCUT2D eigenvalue weighted by Crippen LogP contribution is 2.49. The van der Waals surface area contributed by atoms with E-state index in [0.717, 1.165) is 40.2 Å². The van der Waals surface area contributed by atoms with Crippen LogP contribution in [0.15, 0.2) is 106 Å². The third-order valence-electron chi connectivity index (χ3n) is 9.74. The first-order valence-corrected chi connectivity index (χ1v) is 15.3. The van der Waals surface area contributed by atoms with Crippen LogP contribution in [-0.4, -0.2) is 57.6 Å². The van der Waals surface area contributed by atoms with E-state index in [9.17, 15) is 24.9 Å². The van der Waals surface area contributed by atoms with Gasteiger partial charge in [-0.2, -0.15) is 0 Å². The van der Waals surface area contributed by atoms with E-state index >= 15 is 0 Å². The molecule has 0 saturated carbocycles. The normalized spacial score (nSPS) is 26.2. The number of carboxylic acids is 1. The number of fused-ring (bicyclic) bond motifs is 5. The fraction of sp³-hybridized carbons (Fsp3) is 0.400. The molecular weight excluding hydrogens is 572 g/mol. The van der Waals surface area contributed by atoms with Crippen LogP contribution in [0.3, 0.4) is 0 Å². The molecule has 1 unspecified atom stereocenters. The fourth-order valence-electron chi connectivity index (χ4n) is 7.32. The molecule has 1 aliphatic carbocycles. The van der Waals surface area contributed by atoms with Gasteiger partial charge >= 0.3 is 11.9 Å². The Kier molecular flexibility index (Phi) is 7.51. The van der Waals surface area contributed by atoms with Gasteiger partial charge in [0, 0.05) is 46.4 Å². The lowest BCUT2D eigenvalue weighted by Crippen LogP contribution is -2.25. The molecule has 1 saturated heterocycles. The first kappa shape index (κ1) is 30.5. The molecule has 0 aromatic rings. The van der Waals surface area contributed by atoms with Crippen molar-refractivity contribution in [2.75, 3.05) is 7.11 Å². The Hall–Kier alpha value is -4.57. The SMILES string of the molecule is CCC1=C(C)C2=NC1=CC1=C(C)C3=C(O)[C@H](C(=O)OC)C(=C4NC(=CC5=NC(=C2)C(C(C)O)=C5C)[C@@H](C)[C@@H]4CCC(=O)O)C3=N1. The van der Waals surface area contributed by atoms with E-state index in [2.05, 4.69) is 12.2 Å². The molecule has 6 rings (SSSR count). The van der Waals surface area contributed by atoms with Crippen LogP contribution in [0.2, 0.25) is 0 Å². The average molecular weight is 611 g/mol. The molecule has 0 radical (unpaired) electrons. The van der Waals surface area contributed by atoms with Gasteiger partial charge in [-0.05, 0) is 81.1 Å². The van der Waals surface area contributed by atoms with Crippen LogP contribution in [0, 0.1) is 17.8 Å². The van der Waals surface area contributed by atoms with E-state index < -0.39 is 24.0 Å². The number of allylic oxidation sites excluding steroid dienone is 10. The van der Waals surface area contributed by atoms with Gasteiger partial charge in [0.15, 0.2) is 0 Å². The predicted octanol–water partition coefficient (Wildman–Crippen LogP) is 5.30. The number of carbonyl (C=O) groups excluding carboxylic acids is 1. The third kappa shape index (κ3) is 4.70. The number of rotatable bonds is 6. The summed E-state index contributed by atoms with van der Waals surface area (Å²) < 4.78 is 5.16. The van der Waals surface area contributed by atoms with Crippen LogP contribution in [0.25, 0.3) is 0 Å². The Morgan fingerprint density at radius 2 is 1.71 bits per heavy atom. The highest BCUT2D eigenvalue weighted by Gasteiger charge is 2.49. The maximum absolute atomic E-state index is 13.3. The molecule has 234 valence electrons. The number of nitrogens with one attached hydrogen (secondary N) is 1. The Labute approximate surface area is 262 Å². The number of carbonyl (C=O) groups is 2. The molecule has 8 bridgehead atoms. The Morgan fingerprint density at radius 1 is 1.02 bits per heavy atom. The fourth-order valence-corrected chi connectivity index (χ4v) is 7.32. The third-order valence-corrected chi connectivity index (χ3v) is 9.74. The topological polar surface area (TPSA) is 153 Å². The Bertz CT molecular complexity index is 1820. The molecule has 5 aliphatic heterocycles. The maximum Gasteiger partial charge on any atom is 0.321 e. The van der Waals surface area contributed by atoms with Crippen molar-refractivity contribution in [2.45, 2.75) is 66.9 Å². The minimum absolute atomic E-state index is 0.0818. The second kappa shape index (κ2) is 11.1. The summed E-state index contributed by atoms with van der Waals surface area (Å²) in [6.07, 6.45) is 5.94. The zero-order valence-corrected chi connectivity index (χ0v) is 26.6. The number of ether oxygens (including phenoxy) is 1. The number of aliphatic imine (C=N–C) groups is 3. The lowest BCUT2D eigenvalue weighted by molar-refractivity contribution is -0.143. The molecule has 10 nitrogen and oxygen atoms in total. The Morgan fingerprint density at radius 3 is 2.36 bits per heavy atom. The van der Waals surface area contributed by atoms with Crippen molar-refractivity contribution in [1.82, 2.24) is 5.32 Å². The highest BCUT2D eigenvalue weighted by molar-refractivity contribution is 6.24. The summed E-state index contributed by atoms with van der Waals surface area (Å²) in [4.78, 5) is 39.9. The van der Waals surface area contributed by atoms with Crippen molar-refractivity contribution in [3.8, 4) is 0 Å². The molecule has 4 N–H and O–H groups in total.